The number of carbonyl (C=O) groups is 1. The summed E-state index contributed by atoms with van der Waals surface area (Å²) in [6.07, 6.45) is 5.08. The number of benzene rings is 1. The Labute approximate surface area is 114 Å². The highest BCUT2D eigenvalue weighted by molar-refractivity contribution is 5.95. The second kappa shape index (κ2) is 4.97. The number of amides is 1. The predicted molar refractivity (Wildman–Crippen MR) is 76.6 cm³/mol. The van der Waals surface area contributed by atoms with Crippen LogP contribution >= 0.6 is 0 Å². The highest BCUT2D eigenvalue weighted by Crippen LogP contribution is 2.55. The number of hydrogen-bond donors (Lipinski definition) is 2. The number of aryl methyl sites for hydroxylation is 1. The molecule has 0 aromatic heterocycles. The number of hydrogen-bond acceptors (Lipinski definition) is 2. The molecule has 2 unspecified atom stereocenters. The molecule has 0 bridgehead atoms. The molecule has 102 valence electrons. The van der Waals surface area contributed by atoms with Crippen molar-refractivity contribution in [3.63, 3.8) is 0 Å². The number of fused-ring (bicyclic) bond motifs is 1. The van der Waals surface area contributed by atoms with Gasteiger partial charge >= 0.3 is 0 Å². The third kappa shape index (κ3) is 2.39. The van der Waals surface area contributed by atoms with Gasteiger partial charge in [0.25, 0.3) is 0 Å². The third-order valence-electron chi connectivity index (χ3n) is 4.75. The molecule has 1 aromatic carbocycles. The Morgan fingerprint density at radius 2 is 2.00 bits per heavy atom. The van der Waals surface area contributed by atoms with Gasteiger partial charge in [0.15, 0.2) is 0 Å². The van der Waals surface area contributed by atoms with Crippen molar-refractivity contribution in [3.05, 3.63) is 29.3 Å². The van der Waals surface area contributed by atoms with Crippen molar-refractivity contribution in [2.24, 2.45) is 23.5 Å². The first-order valence-electron chi connectivity index (χ1n) is 7.31. The molecule has 0 saturated heterocycles. The van der Waals surface area contributed by atoms with Gasteiger partial charge in [-0.2, -0.15) is 0 Å². The van der Waals surface area contributed by atoms with Crippen molar-refractivity contribution in [2.45, 2.75) is 39.2 Å². The average Bonchev–Trinajstić information content (AvgIpc) is 3.15. The summed E-state index contributed by atoms with van der Waals surface area (Å²) in [4.78, 5) is 12.4. The number of nitrogens with one attached hydrogen (secondary N) is 1. The number of anilines is 1. The largest absolute Gasteiger partial charge is 0.326 e. The smallest absolute Gasteiger partial charge is 0.228 e. The molecule has 3 rings (SSSR count). The van der Waals surface area contributed by atoms with Crippen molar-refractivity contribution in [1.82, 2.24) is 0 Å². The van der Waals surface area contributed by atoms with Crippen molar-refractivity contribution < 1.29 is 4.79 Å². The summed E-state index contributed by atoms with van der Waals surface area (Å²) in [6, 6.07) is 6.04. The molecule has 2 saturated carbocycles. The van der Waals surface area contributed by atoms with E-state index in [0.717, 1.165) is 16.8 Å². The van der Waals surface area contributed by atoms with Gasteiger partial charge in [-0.3, -0.25) is 4.79 Å². The molecule has 0 aliphatic heterocycles. The Bertz CT molecular complexity index is 486. The summed E-state index contributed by atoms with van der Waals surface area (Å²) in [5.41, 5.74) is 8.75. The van der Waals surface area contributed by atoms with E-state index in [0.29, 0.717) is 18.4 Å². The SMILES string of the molecule is Cc1ccc(CN)cc1NC(=O)C1C2CCCCC21. The van der Waals surface area contributed by atoms with Gasteiger partial charge in [0.1, 0.15) is 0 Å². The Morgan fingerprint density at radius 1 is 1.32 bits per heavy atom. The minimum atomic E-state index is 0.217. The van der Waals surface area contributed by atoms with Crippen molar-refractivity contribution >= 4 is 11.6 Å². The second-order valence-electron chi connectivity index (χ2n) is 5.98. The Balaban J connectivity index is 1.70. The van der Waals surface area contributed by atoms with Crippen LogP contribution in [0, 0.1) is 24.7 Å². The summed E-state index contributed by atoms with van der Waals surface area (Å²) in [5, 5.41) is 3.11. The lowest BCUT2D eigenvalue weighted by Crippen LogP contribution is -2.16. The number of nitrogens with two attached hydrogens (primary N) is 1. The van der Waals surface area contributed by atoms with E-state index in [-0.39, 0.29) is 11.8 Å². The van der Waals surface area contributed by atoms with Crippen LogP contribution in [0.1, 0.15) is 36.8 Å². The van der Waals surface area contributed by atoms with Gasteiger partial charge in [0.05, 0.1) is 0 Å². The maximum absolute atomic E-state index is 12.4. The molecule has 0 spiro atoms. The lowest BCUT2D eigenvalue weighted by molar-refractivity contribution is -0.117. The zero-order chi connectivity index (χ0) is 13.4. The fraction of sp³-hybridized carbons (Fsp3) is 0.562. The zero-order valence-electron chi connectivity index (χ0n) is 11.5. The molecule has 2 fully saturated rings. The number of carbonyl (C=O) groups excluding carboxylic acids is 1. The highest BCUT2D eigenvalue weighted by atomic mass is 16.2. The van der Waals surface area contributed by atoms with Crippen molar-refractivity contribution in [3.8, 4) is 0 Å². The Hall–Kier alpha value is -1.35. The third-order valence-corrected chi connectivity index (χ3v) is 4.75. The van der Waals surface area contributed by atoms with Crippen LogP contribution in [0.5, 0.6) is 0 Å². The standard InChI is InChI=1S/C16H22N2O/c1-10-6-7-11(9-17)8-14(10)18-16(19)15-12-4-2-3-5-13(12)15/h6-8,12-13,15H,2-5,9,17H2,1H3,(H,18,19). The summed E-state index contributed by atoms with van der Waals surface area (Å²) >= 11 is 0. The van der Waals surface area contributed by atoms with Crippen LogP contribution in [0.2, 0.25) is 0 Å². The van der Waals surface area contributed by atoms with Crippen LogP contribution in [0.25, 0.3) is 0 Å². The van der Waals surface area contributed by atoms with E-state index in [4.69, 9.17) is 5.73 Å². The first-order chi connectivity index (χ1) is 9.20. The normalized spacial score (nSPS) is 28.6. The zero-order valence-corrected chi connectivity index (χ0v) is 11.5. The van der Waals surface area contributed by atoms with Gasteiger partial charge < -0.3 is 11.1 Å². The highest BCUT2D eigenvalue weighted by Gasteiger charge is 2.54. The molecule has 2 aliphatic carbocycles. The van der Waals surface area contributed by atoms with Gasteiger partial charge in [-0.05, 0) is 48.8 Å². The van der Waals surface area contributed by atoms with Gasteiger partial charge in [0.2, 0.25) is 5.91 Å². The molecule has 0 radical (unpaired) electrons. The van der Waals surface area contributed by atoms with Crippen LogP contribution in [-0.4, -0.2) is 5.91 Å². The fourth-order valence-corrected chi connectivity index (χ4v) is 3.53. The van der Waals surface area contributed by atoms with E-state index in [2.05, 4.69) is 5.32 Å². The molecule has 1 amide bonds. The van der Waals surface area contributed by atoms with E-state index in [1.165, 1.54) is 25.7 Å². The van der Waals surface area contributed by atoms with E-state index in [1.807, 2.05) is 25.1 Å². The quantitative estimate of drug-likeness (QED) is 0.876. The minimum Gasteiger partial charge on any atom is -0.326 e. The molecular weight excluding hydrogens is 236 g/mol. The summed E-state index contributed by atoms with van der Waals surface area (Å²) < 4.78 is 0. The van der Waals surface area contributed by atoms with E-state index in [1.54, 1.807) is 0 Å². The molecule has 2 atom stereocenters. The van der Waals surface area contributed by atoms with E-state index in [9.17, 15) is 4.79 Å². The molecule has 3 N–H and O–H groups in total. The molecule has 2 aliphatic rings. The van der Waals surface area contributed by atoms with E-state index < -0.39 is 0 Å². The average molecular weight is 258 g/mol. The lowest BCUT2D eigenvalue weighted by Gasteiger charge is -2.10. The number of rotatable bonds is 3. The van der Waals surface area contributed by atoms with Gasteiger partial charge in [-0.25, -0.2) is 0 Å². The van der Waals surface area contributed by atoms with E-state index >= 15 is 0 Å². The maximum atomic E-state index is 12.4. The molecule has 19 heavy (non-hydrogen) atoms. The van der Waals surface area contributed by atoms with Crippen LogP contribution < -0.4 is 11.1 Å². The fourth-order valence-electron chi connectivity index (χ4n) is 3.53. The molecule has 1 aromatic rings. The van der Waals surface area contributed by atoms with Crippen molar-refractivity contribution in [2.75, 3.05) is 5.32 Å². The summed E-state index contributed by atoms with van der Waals surface area (Å²) in [5.74, 6) is 1.80. The van der Waals surface area contributed by atoms with Gasteiger partial charge in [0, 0.05) is 18.2 Å². The van der Waals surface area contributed by atoms with Gasteiger partial charge in [-0.15, -0.1) is 0 Å². The maximum Gasteiger partial charge on any atom is 0.228 e. The Kier molecular flexibility index (Phi) is 3.31. The molecule has 3 nitrogen and oxygen atoms in total. The summed E-state index contributed by atoms with van der Waals surface area (Å²) in [7, 11) is 0. The van der Waals surface area contributed by atoms with Gasteiger partial charge in [-0.1, -0.05) is 25.0 Å². The molecule has 0 heterocycles. The Morgan fingerprint density at radius 3 is 2.63 bits per heavy atom. The topological polar surface area (TPSA) is 55.1 Å². The monoisotopic (exact) mass is 258 g/mol. The lowest BCUT2D eigenvalue weighted by atomic mass is 10.0. The van der Waals surface area contributed by atoms with Crippen LogP contribution in [0.4, 0.5) is 5.69 Å². The molecular formula is C16H22N2O. The van der Waals surface area contributed by atoms with Crippen molar-refractivity contribution in [1.29, 1.82) is 0 Å². The minimum absolute atomic E-state index is 0.217. The second-order valence-corrected chi connectivity index (χ2v) is 5.98. The first-order valence-corrected chi connectivity index (χ1v) is 7.31. The predicted octanol–water partition coefficient (Wildman–Crippen LogP) is 2.83. The molecule has 3 heteroatoms. The van der Waals surface area contributed by atoms with Crippen LogP contribution in [0.3, 0.4) is 0 Å². The van der Waals surface area contributed by atoms with Crippen LogP contribution in [0.15, 0.2) is 18.2 Å². The van der Waals surface area contributed by atoms with Crippen LogP contribution in [-0.2, 0) is 11.3 Å². The first kappa shape index (κ1) is 12.7. The summed E-state index contributed by atoms with van der Waals surface area (Å²) in [6.45, 7) is 2.54.